The minimum absolute atomic E-state index is 0.00683. The van der Waals surface area contributed by atoms with Gasteiger partial charge in [0.1, 0.15) is 29.8 Å². The van der Waals surface area contributed by atoms with Gasteiger partial charge in [0.25, 0.3) is 5.91 Å². The lowest BCUT2D eigenvalue weighted by Gasteiger charge is -2.29. The fourth-order valence-corrected chi connectivity index (χ4v) is 4.72. The van der Waals surface area contributed by atoms with Crippen molar-refractivity contribution in [2.24, 2.45) is 0 Å². The molecule has 2 N–H and O–H groups in total. The van der Waals surface area contributed by atoms with Gasteiger partial charge in [-0.3, -0.25) is 19.3 Å². The number of pyridine rings is 1. The number of anilines is 1. The smallest absolute Gasteiger partial charge is 0.257 e. The van der Waals surface area contributed by atoms with Gasteiger partial charge in [0.05, 0.1) is 17.5 Å². The first-order valence-electron chi connectivity index (χ1n) is 12.1. The molecule has 10 heteroatoms. The number of aliphatic hydroxyl groups excluding tert-OH is 1. The molecule has 0 unspecified atom stereocenters. The molecular weight excluding hydrogens is 491 g/mol. The first-order chi connectivity index (χ1) is 18.2. The number of likely N-dealkylation sites (N-methyl/N-ethyl adjacent to an activating group) is 2. The van der Waals surface area contributed by atoms with E-state index in [4.69, 9.17) is 4.42 Å². The zero-order valence-electron chi connectivity index (χ0n) is 21.0. The van der Waals surface area contributed by atoms with E-state index in [0.717, 1.165) is 5.56 Å². The van der Waals surface area contributed by atoms with E-state index >= 15 is 0 Å². The van der Waals surface area contributed by atoms with Gasteiger partial charge >= 0.3 is 0 Å². The second-order valence-electron chi connectivity index (χ2n) is 9.50. The number of furan rings is 1. The number of amides is 2. The van der Waals surface area contributed by atoms with Gasteiger partial charge in [0, 0.05) is 38.3 Å². The molecule has 4 aromatic rings. The summed E-state index contributed by atoms with van der Waals surface area (Å²) in [5.41, 5.74) is 2.05. The first-order valence-corrected chi connectivity index (χ1v) is 12.1. The van der Waals surface area contributed by atoms with Gasteiger partial charge in [-0.05, 0) is 54.6 Å². The molecule has 0 bridgehead atoms. The highest BCUT2D eigenvalue weighted by molar-refractivity contribution is 6.07. The van der Waals surface area contributed by atoms with Gasteiger partial charge in [-0.1, -0.05) is 12.1 Å². The number of hydrogen-bond acceptors (Lipinski definition) is 6. The zero-order chi connectivity index (χ0) is 27.0. The first kappa shape index (κ1) is 25.4. The summed E-state index contributed by atoms with van der Waals surface area (Å²) in [6.07, 6.45) is 2.09. The number of aliphatic hydroxyl groups is 1. The zero-order valence-corrected chi connectivity index (χ0v) is 21.0. The van der Waals surface area contributed by atoms with Crippen molar-refractivity contribution in [1.82, 2.24) is 14.8 Å². The second kappa shape index (κ2) is 10.2. The SMILES string of the molecule is CN(Cc1cc2c3c(c1)c(=O)c(C(=O)NCc1ccc(F)cc1)cn3CC(=O)N2C)C[C@@H](O)c1ccco1. The van der Waals surface area contributed by atoms with Gasteiger partial charge in [0.15, 0.2) is 0 Å². The number of benzene rings is 2. The molecule has 2 aromatic heterocycles. The quantitative estimate of drug-likeness (QED) is 0.372. The van der Waals surface area contributed by atoms with Crippen LogP contribution in [-0.2, 0) is 24.4 Å². The van der Waals surface area contributed by atoms with Gasteiger partial charge < -0.3 is 24.3 Å². The topological polar surface area (TPSA) is 108 Å². The van der Waals surface area contributed by atoms with E-state index < -0.39 is 17.4 Å². The van der Waals surface area contributed by atoms with Crippen LogP contribution in [0.2, 0.25) is 0 Å². The lowest BCUT2D eigenvalue weighted by molar-refractivity contribution is -0.119. The molecule has 1 aliphatic rings. The molecule has 0 spiro atoms. The highest BCUT2D eigenvalue weighted by atomic mass is 19.1. The summed E-state index contributed by atoms with van der Waals surface area (Å²) < 4.78 is 20.1. The molecule has 3 heterocycles. The number of nitrogens with one attached hydrogen (secondary N) is 1. The van der Waals surface area contributed by atoms with E-state index in [1.165, 1.54) is 29.5 Å². The number of aromatic nitrogens is 1. The molecule has 2 aromatic carbocycles. The van der Waals surface area contributed by atoms with Crippen molar-refractivity contribution in [3.05, 3.63) is 99.5 Å². The second-order valence-corrected chi connectivity index (χ2v) is 9.50. The van der Waals surface area contributed by atoms with E-state index in [2.05, 4.69) is 5.32 Å². The van der Waals surface area contributed by atoms with Crippen LogP contribution in [0, 0.1) is 5.82 Å². The molecular formula is C28H27FN4O5. The highest BCUT2D eigenvalue weighted by Gasteiger charge is 2.27. The number of carbonyl (C=O) groups excluding carboxylic acids is 2. The summed E-state index contributed by atoms with van der Waals surface area (Å²) >= 11 is 0. The lowest BCUT2D eigenvalue weighted by atomic mass is 10.0. The third kappa shape index (κ3) is 4.96. The van der Waals surface area contributed by atoms with Crippen LogP contribution in [-0.4, -0.2) is 47.0 Å². The van der Waals surface area contributed by atoms with Crippen molar-refractivity contribution in [2.45, 2.75) is 25.7 Å². The fourth-order valence-electron chi connectivity index (χ4n) is 4.72. The van der Waals surface area contributed by atoms with E-state index in [1.54, 1.807) is 41.9 Å². The molecule has 5 rings (SSSR count). The molecule has 38 heavy (non-hydrogen) atoms. The Hall–Kier alpha value is -4.28. The Morgan fingerprint density at radius 3 is 2.66 bits per heavy atom. The van der Waals surface area contributed by atoms with Gasteiger partial charge in [0.2, 0.25) is 11.3 Å². The van der Waals surface area contributed by atoms with E-state index in [-0.39, 0.29) is 36.9 Å². The third-order valence-corrected chi connectivity index (χ3v) is 6.67. The van der Waals surface area contributed by atoms with Crippen molar-refractivity contribution in [3.8, 4) is 0 Å². The van der Waals surface area contributed by atoms with Crippen LogP contribution in [0.5, 0.6) is 0 Å². The Bertz CT molecular complexity index is 1560. The summed E-state index contributed by atoms with van der Waals surface area (Å²) in [6.45, 7) is 0.772. The number of carbonyl (C=O) groups is 2. The van der Waals surface area contributed by atoms with Gasteiger partial charge in [-0.15, -0.1) is 0 Å². The van der Waals surface area contributed by atoms with E-state index in [0.29, 0.717) is 34.5 Å². The van der Waals surface area contributed by atoms with E-state index in [9.17, 15) is 23.9 Å². The summed E-state index contributed by atoms with van der Waals surface area (Å²) in [5.74, 6) is -0.690. The molecule has 0 saturated heterocycles. The monoisotopic (exact) mass is 518 g/mol. The summed E-state index contributed by atoms with van der Waals surface area (Å²) in [6, 6.07) is 12.7. The normalized spacial score (nSPS) is 13.8. The maximum absolute atomic E-state index is 13.5. The Morgan fingerprint density at radius 2 is 1.95 bits per heavy atom. The van der Waals surface area contributed by atoms with Gasteiger partial charge in [-0.25, -0.2) is 4.39 Å². The summed E-state index contributed by atoms with van der Waals surface area (Å²) in [7, 11) is 3.48. The molecule has 1 atom stereocenters. The molecule has 0 radical (unpaired) electrons. The molecule has 1 aliphatic heterocycles. The molecule has 0 saturated carbocycles. The van der Waals surface area contributed by atoms with Crippen LogP contribution in [0.15, 0.2) is 70.2 Å². The van der Waals surface area contributed by atoms with Crippen LogP contribution in [0.1, 0.15) is 33.3 Å². The van der Waals surface area contributed by atoms with Crippen LogP contribution in [0.4, 0.5) is 10.1 Å². The Labute approximate surface area is 217 Å². The van der Waals surface area contributed by atoms with Crippen LogP contribution in [0.25, 0.3) is 10.9 Å². The minimum atomic E-state index is -0.827. The van der Waals surface area contributed by atoms with Gasteiger partial charge in [-0.2, -0.15) is 0 Å². The van der Waals surface area contributed by atoms with Crippen molar-refractivity contribution in [3.63, 3.8) is 0 Å². The maximum atomic E-state index is 13.5. The Kier molecular flexibility index (Phi) is 6.83. The van der Waals surface area contributed by atoms with Crippen LogP contribution < -0.4 is 15.6 Å². The van der Waals surface area contributed by atoms with Crippen molar-refractivity contribution in [1.29, 1.82) is 0 Å². The third-order valence-electron chi connectivity index (χ3n) is 6.67. The molecule has 0 aliphatic carbocycles. The Balaban J connectivity index is 1.47. The summed E-state index contributed by atoms with van der Waals surface area (Å²) in [4.78, 5) is 42.7. The number of hydrogen-bond donors (Lipinski definition) is 2. The predicted molar refractivity (Wildman–Crippen MR) is 139 cm³/mol. The Morgan fingerprint density at radius 1 is 1.18 bits per heavy atom. The van der Waals surface area contributed by atoms with Crippen molar-refractivity contribution in [2.75, 3.05) is 25.5 Å². The largest absolute Gasteiger partial charge is 0.467 e. The van der Waals surface area contributed by atoms with Crippen LogP contribution in [0.3, 0.4) is 0 Å². The lowest BCUT2D eigenvalue weighted by Crippen LogP contribution is -2.37. The molecule has 2 amide bonds. The van der Waals surface area contributed by atoms with Crippen LogP contribution >= 0.6 is 0 Å². The van der Waals surface area contributed by atoms with Crippen molar-refractivity contribution < 1.29 is 23.5 Å². The molecule has 0 fully saturated rings. The average molecular weight is 519 g/mol. The molecule has 9 nitrogen and oxygen atoms in total. The number of nitrogens with zero attached hydrogens (tertiary/aromatic N) is 3. The minimum Gasteiger partial charge on any atom is -0.467 e. The highest BCUT2D eigenvalue weighted by Crippen LogP contribution is 2.31. The number of rotatable bonds is 8. The molecule has 196 valence electrons. The predicted octanol–water partition coefficient (Wildman–Crippen LogP) is 2.81. The number of halogens is 1. The maximum Gasteiger partial charge on any atom is 0.257 e. The standard InChI is InChI=1S/C28H27FN4O5/c1-31(15-23(34)24-4-3-9-38-24)13-18-10-20-26-22(11-18)32(2)25(35)16-33(26)14-21(27(20)36)28(37)30-12-17-5-7-19(29)8-6-17/h3-11,14,23,34H,12-13,15-16H2,1-2H3,(H,30,37)/t23-/m1/s1. The summed E-state index contributed by atoms with van der Waals surface area (Å²) in [5, 5.41) is 13.5. The fraction of sp³-hybridized carbons (Fsp3) is 0.250. The average Bonchev–Trinajstić information content (AvgIpc) is 3.43. The van der Waals surface area contributed by atoms with Crippen molar-refractivity contribution >= 4 is 28.4 Å². The van der Waals surface area contributed by atoms with E-state index in [1.807, 2.05) is 18.0 Å².